The van der Waals surface area contributed by atoms with E-state index in [0.717, 1.165) is 54.5 Å². The van der Waals surface area contributed by atoms with E-state index in [1.165, 1.54) is 0 Å². The first kappa shape index (κ1) is 16.1. The molecule has 6 heteroatoms. The van der Waals surface area contributed by atoms with Crippen molar-refractivity contribution in [1.29, 1.82) is 0 Å². The molecule has 1 aliphatic heterocycles. The summed E-state index contributed by atoms with van der Waals surface area (Å²) in [6.45, 7) is 7.88. The van der Waals surface area contributed by atoms with Crippen LogP contribution in [0.1, 0.15) is 48.0 Å². The molecular formula is C17H25N5O. The van der Waals surface area contributed by atoms with Crippen molar-refractivity contribution in [2.24, 2.45) is 0 Å². The van der Waals surface area contributed by atoms with E-state index in [0.29, 0.717) is 0 Å². The van der Waals surface area contributed by atoms with E-state index < -0.39 is 0 Å². The molecule has 2 atom stereocenters. The van der Waals surface area contributed by atoms with Crippen LogP contribution in [0.2, 0.25) is 0 Å². The van der Waals surface area contributed by atoms with E-state index in [-0.39, 0.29) is 12.1 Å². The Balaban J connectivity index is 1.79. The number of imidazole rings is 1. The third-order valence-electron chi connectivity index (χ3n) is 4.62. The van der Waals surface area contributed by atoms with Crippen molar-refractivity contribution in [1.82, 2.24) is 24.8 Å². The van der Waals surface area contributed by atoms with E-state index in [4.69, 9.17) is 9.72 Å². The molecule has 1 saturated heterocycles. The van der Waals surface area contributed by atoms with E-state index in [1.807, 2.05) is 19.3 Å². The number of H-pyrrole nitrogens is 1. The molecule has 1 N–H and O–H groups in total. The maximum absolute atomic E-state index is 5.59. The Labute approximate surface area is 137 Å². The largest absolute Gasteiger partial charge is 0.380 e. The van der Waals surface area contributed by atoms with Gasteiger partial charge >= 0.3 is 0 Å². The predicted octanol–water partition coefficient (Wildman–Crippen LogP) is 2.34. The van der Waals surface area contributed by atoms with Crippen LogP contribution >= 0.6 is 0 Å². The van der Waals surface area contributed by atoms with Gasteiger partial charge in [-0.2, -0.15) is 0 Å². The van der Waals surface area contributed by atoms with Gasteiger partial charge in [0.15, 0.2) is 0 Å². The normalized spacial score (nSPS) is 21.9. The van der Waals surface area contributed by atoms with Gasteiger partial charge in [-0.25, -0.2) is 15.0 Å². The smallest absolute Gasteiger partial charge is 0.127 e. The molecule has 0 radical (unpaired) electrons. The number of hydrogen-bond acceptors (Lipinski definition) is 5. The second-order valence-electron chi connectivity index (χ2n) is 6.23. The number of aryl methyl sites for hydroxylation is 3. The molecule has 0 saturated carbocycles. The summed E-state index contributed by atoms with van der Waals surface area (Å²) in [7, 11) is 1.78. The highest BCUT2D eigenvalue weighted by Gasteiger charge is 2.35. The number of likely N-dealkylation sites (tertiary alicyclic amines) is 1. The zero-order chi connectivity index (χ0) is 16.4. The van der Waals surface area contributed by atoms with Crippen LogP contribution in [0.4, 0.5) is 0 Å². The second kappa shape index (κ2) is 6.76. The third kappa shape index (κ3) is 3.43. The van der Waals surface area contributed by atoms with Crippen LogP contribution in [0.15, 0.2) is 12.4 Å². The molecule has 124 valence electrons. The minimum Gasteiger partial charge on any atom is -0.380 e. The van der Waals surface area contributed by atoms with Crippen molar-refractivity contribution in [3.8, 4) is 0 Å². The lowest BCUT2D eigenvalue weighted by Crippen LogP contribution is -2.25. The molecule has 6 nitrogen and oxygen atoms in total. The van der Waals surface area contributed by atoms with Gasteiger partial charge in [-0.1, -0.05) is 6.92 Å². The molecule has 23 heavy (non-hydrogen) atoms. The molecule has 1 fully saturated rings. The van der Waals surface area contributed by atoms with Gasteiger partial charge in [0.05, 0.1) is 17.8 Å². The Bertz CT molecular complexity index is 632. The van der Waals surface area contributed by atoms with Crippen molar-refractivity contribution in [3.63, 3.8) is 0 Å². The number of nitrogens with zero attached hydrogens (tertiary/aromatic N) is 4. The first-order valence-corrected chi connectivity index (χ1v) is 8.20. The third-order valence-corrected chi connectivity index (χ3v) is 4.62. The highest BCUT2D eigenvalue weighted by molar-refractivity contribution is 5.15. The maximum Gasteiger partial charge on any atom is 0.127 e. The zero-order valence-corrected chi connectivity index (χ0v) is 14.3. The molecule has 3 rings (SSSR count). The summed E-state index contributed by atoms with van der Waals surface area (Å²) in [4.78, 5) is 19.3. The SMILES string of the molecule is CCc1ncc(CN2C[C@H](OC)C[C@H]2c2nc(C)c(C)[nH]2)cn1. The number of aromatic nitrogens is 4. The number of ether oxygens (including phenoxy) is 1. The number of aromatic amines is 1. The molecule has 0 unspecified atom stereocenters. The summed E-state index contributed by atoms with van der Waals surface area (Å²) < 4.78 is 5.59. The maximum atomic E-state index is 5.59. The van der Waals surface area contributed by atoms with Crippen LogP contribution in [0.5, 0.6) is 0 Å². The van der Waals surface area contributed by atoms with Crippen molar-refractivity contribution in [3.05, 3.63) is 41.0 Å². The first-order chi connectivity index (χ1) is 11.1. The lowest BCUT2D eigenvalue weighted by molar-refractivity contribution is 0.107. The molecule has 2 aromatic heterocycles. The van der Waals surface area contributed by atoms with Crippen LogP contribution in [-0.2, 0) is 17.7 Å². The Morgan fingerprint density at radius 2 is 2.04 bits per heavy atom. The van der Waals surface area contributed by atoms with Crippen LogP contribution in [0, 0.1) is 13.8 Å². The van der Waals surface area contributed by atoms with Gasteiger partial charge in [-0.3, -0.25) is 4.90 Å². The fourth-order valence-corrected chi connectivity index (χ4v) is 3.10. The molecular weight excluding hydrogens is 290 g/mol. The van der Waals surface area contributed by atoms with Crippen molar-refractivity contribution in [2.75, 3.05) is 13.7 Å². The minimum atomic E-state index is 0.238. The van der Waals surface area contributed by atoms with E-state index in [2.05, 4.69) is 33.7 Å². The van der Waals surface area contributed by atoms with E-state index >= 15 is 0 Å². The molecule has 0 amide bonds. The lowest BCUT2D eigenvalue weighted by atomic mass is 10.2. The van der Waals surface area contributed by atoms with Gasteiger partial charge in [0.1, 0.15) is 11.6 Å². The minimum absolute atomic E-state index is 0.238. The fourth-order valence-electron chi connectivity index (χ4n) is 3.10. The predicted molar refractivity (Wildman–Crippen MR) is 88.0 cm³/mol. The molecule has 0 bridgehead atoms. The number of methoxy groups -OCH3 is 1. The van der Waals surface area contributed by atoms with Crippen molar-refractivity contribution < 1.29 is 4.74 Å². The summed E-state index contributed by atoms with van der Waals surface area (Å²) in [5.74, 6) is 1.92. The highest BCUT2D eigenvalue weighted by atomic mass is 16.5. The summed E-state index contributed by atoms with van der Waals surface area (Å²) >= 11 is 0. The van der Waals surface area contributed by atoms with E-state index in [9.17, 15) is 0 Å². The fraction of sp³-hybridized carbons (Fsp3) is 0.588. The summed E-state index contributed by atoms with van der Waals surface area (Å²) in [5.41, 5.74) is 3.33. The summed E-state index contributed by atoms with van der Waals surface area (Å²) in [6, 6.07) is 0.248. The molecule has 3 heterocycles. The van der Waals surface area contributed by atoms with Crippen LogP contribution in [-0.4, -0.2) is 44.6 Å². The van der Waals surface area contributed by atoms with Gasteiger partial charge in [-0.15, -0.1) is 0 Å². The average molecular weight is 315 g/mol. The van der Waals surface area contributed by atoms with Crippen LogP contribution in [0.3, 0.4) is 0 Å². The van der Waals surface area contributed by atoms with E-state index in [1.54, 1.807) is 7.11 Å². The van der Waals surface area contributed by atoms with Gasteiger partial charge in [0, 0.05) is 50.3 Å². The Morgan fingerprint density at radius 1 is 1.30 bits per heavy atom. The van der Waals surface area contributed by atoms with Crippen LogP contribution < -0.4 is 0 Å². The molecule has 0 spiro atoms. The van der Waals surface area contributed by atoms with Gasteiger partial charge in [0.25, 0.3) is 0 Å². The topological polar surface area (TPSA) is 66.9 Å². The van der Waals surface area contributed by atoms with Crippen molar-refractivity contribution in [2.45, 2.75) is 52.3 Å². The Morgan fingerprint density at radius 3 is 2.61 bits per heavy atom. The molecule has 0 aliphatic carbocycles. The van der Waals surface area contributed by atoms with Gasteiger partial charge in [0.2, 0.25) is 0 Å². The number of nitrogens with one attached hydrogen (secondary N) is 1. The monoisotopic (exact) mass is 315 g/mol. The number of rotatable bonds is 5. The molecule has 2 aromatic rings. The molecule has 1 aliphatic rings. The van der Waals surface area contributed by atoms with Gasteiger partial charge < -0.3 is 9.72 Å². The van der Waals surface area contributed by atoms with Crippen molar-refractivity contribution >= 4 is 0 Å². The van der Waals surface area contributed by atoms with Gasteiger partial charge in [-0.05, 0) is 20.3 Å². The lowest BCUT2D eigenvalue weighted by Gasteiger charge is -2.22. The van der Waals surface area contributed by atoms with Crippen LogP contribution in [0.25, 0.3) is 0 Å². The first-order valence-electron chi connectivity index (χ1n) is 8.20. The highest BCUT2D eigenvalue weighted by Crippen LogP contribution is 2.33. The average Bonchev–Trinajstić information content (AvgIpc) is 3.11. The standard InChI is InChI=1S/C17H25N5O/c1-5-16-18-7-13(8-19-16)9-22-10-14(23-4)6-15(22)17-20-11(2)12(3)21-17/h7-8,14-15H,5-6,9-10H2,1-4H3,(H,20,21)/t14-,15+/m1/s1. The molecule has 0 aromatic carbocycles. The summed E-state index contributed by atoms with van der Waals surface area (Å²) in [6.07, 6.45) is 5.92. The second-order valence-corrected chi connectivity index (χ2v) is 6.23. The number of hydrogen-bond donors (Lipinski definition) is 1. The summed E-state index contributed by atoms with van der Waals surface area (Å²) in [5, 5.41) is 0. The Hall–Kier alpha value is -1.79. The Kier molecular flexibility index (Phi) is 4.73. The quantitative estimate of drug-likeness (QED) is 0.917. The zero-order valence-electron chi connectivity index (χ0n) is 14.3.